The zero-order valence-corrected chi connectivity index (χ0v) is 14.9. The third-order valence-corrected chi connectivity index (χ3v) is 4.28. The van der Waals surface area contributed by atoms with Crippen LogP contribution in [0.4, 0.5) is 5.82 Å². The van der Waals surface area contributed by atoms with Crippen molar-refractivity contribution in [3.05, 3.63) is 41.7 Å². The Balaban J connectivity index is 2.25. The molecule has 0 fully saturated rings. The summed E-state index contributed by atoms with van der Waals surface area (Å²) in [6.07, 6.45) is 1.04. The van der Waals surface area contributed by atoms with Crippen molar-refractivity contribution in [3.63, 3.8) is 0 Å². The normalized spacial score (nSPS) is 12.4. The van der Waals surface area contributed by atoms with Gasteiger partial charge in [-0.3, -0.25) is 0 Å². The Bertz CT molecular complexity index is 869. The Morgan fingerprint density at radius 1 is 1.25 bits per heavy atom. The van der Waals surface area contributed by atoms with E-state index in [1.165, 1.54) is 0 Å². The molecule has 0 radical (unpaired) electrons. The molecule has 5 heteroatoms. The van der Waals surface area contributed by atoms with E-state index in [2.05, 4.69) is 25.2 Å². The van der Waals surface area contributed by atoms with Crippen LogP contribution in [0.3, 0.4) is 0 Å². The van der Waals surface area contributed by atoms with E-state index in [0.29, 0.717) is 6.04 Å². The van der Waals surface area contributed by atoms with E-state index in [1.54, 1.807) is 7.11 Å². The molecule has 1 unspecified atom stereocenters. The summed E-state index contributed by atoms with van der Waals surface area (Å²) < 4.78 is 7.43. The third-order valence-electron chi connectivity index (χ3n) is 4.28. The summed E-state index contributed by atoms with van der Waals surface area (Å²) >= 11 is 0. The Morgan fingerprint density at radius 2 is 2.00 bits per heavy atom. The average molecular weight is 324 g/mol. The smallest absolute Gasteiger partial charge is 0.165 e. The number of rotatable bonds is 5. The number of aromatic nitrogens is 3. The van der Waals surface area contributed by atoms with Crippen LogP contribution in [0, 0.1) is 13.8 Å². The number of anilines is 1. The maximum atomic E-state index is 5.54. The summed E-state index contributed by atoms with van der Waals surface area (Å²) in [6, 6.07) is 10.4. The summed E-state index contributed by atoms with van der Waals surface area (Å²) in [5, 5.41) is 8.25. The molecular formula is C19H24N4O. The van der Waals surface area contributed by atoms with Crippen LogP contribution in [0.5, 0.6) is 5.75 Å². The number of nitrogens with zero attached hydrogens (tertiary/aromatic N) is 3. The number of hydrogen-bond donors (Lipinski definition) is 1. The molecule has 1 aromatic carbocycles. The fourth-order valence-corrected chi connectivity index (χ4v) is 2.87. The molecule has 2 heterocycles. The minimum Gasteiger partial charge on any atom is -0.496 e. The van der Waals surface area contributed by atoms with Gasteiger partial charge in [-0.1, -0.05) is 25.1 Å². The molecule has 0 aliphatic carbocycles. The quantitative estimate of drug-likeness (QED) is 0.763. The lowest BCUT2D eigenvalue weighted by Gasteiger charge is -2.14. The number of hydrogen-bond acceptors (Lipinski definition) is 4. The van der Waals surface area contributed by atoms with Gasteiger partial charge in [-0.05, 0) is 33.3 Å². The van der Waals surface area contributed by atoms with Gasteiger partial charge >= 0.3 is 0 Å². The van der Waals surface area contributed by atoms with Crippen LogP contribution in [0.15, 0.2) is 30.3 Å². The van der Waals surface area contributed by atoms with Gasteiger partial charge < -0.3 is 10.1 Å². The largest absolute Gasteiger partial charge is 0.496 e. The van der Waals surface area contributed by atoms with E-state index < -0.39 is 0 Å². The molecule has 3 rings (SSSR count). The first-order chi connectivity index (χ1) is 11.5. The Labute approximate surface area is 142 Å². The summed E-state index contributed by atoms with van der Waals surface area (Å²) in [5.74, 6) is 1.80. The number of ether oxygens (including phenoxy) is 1. The lowest BCUT2D eigenvalue weighted by molar-refractivity contribution is 0.416. The van der Waals surface area contributed by atoms with Crippen LogP contribution in [0.1, 0.15) is 31.7 Å². The van der Waals surface area contributed by atoms with Gasteiger partial charge in [0.05, 0.1) is 18.4 Å². The van der Waals surface area contributed by atoms with Gasteiger partial charge in [0.1, 0.15) is 11.6 Å². The molecule has 0 aliphatic heterocycles. The van der Waals surface area contributed by atoms with E-state index >= 15 is 0 Å². The van der Waals surface area contributed by atoms with Crippen LogP contribution in [0.25, 0.3) is 16.8 Å². The highest BCUT2D eigenvalue weighted by molar-refractivity contribution is 5.84. The molecule has 0 bridgehead atoms. The number of nitrogens with one attached hydrogen (secondary N) is 1. The fraction of sp³-hybridized carbons (Fsp3) is 0.368. The van der Waals surface area contributed by atoms with E-state index in [-0.39, 0.29) is 0 Å². The second kappa shape index (κ2) is 6.51. The van der Waals surface area contributed by atoms with E-state index in [1.807, 2.05) is 42.6 Å². The van der Waals surface area contributed by atoms with Crippen LogP contribution in [0.2, 0.25) is 0 Å². The standard InChI is InChI=1S/C19H24N4O/c1-6-12(2)20-17-11-13(3)21-19-18(14(4)22-23(17)19)15-9-7-8-10-16(15)24-5/h7-12,20H,6H2,1-5H3. The first kappa shape index (κ1) is 16.3. The molecule has 0 saturated carbocycles. The van der Waals surface area contributed by atoms with Gasteiger partial charge in [-0.25, -0.2) is 4.98 Å². The Kier molecular flexibility index (Phi) is 4.42. The zero-order valence-electron chi connectivity index (χ0n) is 14.9. The maximum Gasteiger partial charge on any atom is 0.165 e. The van der Waals surface area contributed by atoms with E-state index in [9.17, 15) is 0 Å². The molecule has 0 saturated heterocycles. The zero-order chi connectivity index (χ0) is 17.3. The highest BCUT2D eigenvalue weighted by Crippen LogP contribution is 2.35. The van der Waals surface area contributed by atoms with Crippen LogP contribution in [-0.4, -0.2) is 27.7 Å². The van der Waals surface area contributed by atoms with Crippen molar-refractivity contribution in [2.45, 2.75) is 40.2 Å². The lowest BCUT2D eigenvalue weighted by atomic mass is 10.1. The second-order valence-electron chi connectivity index (χ2n) is 6.13. The van der Waals surface area contributed by atoms with Crippen LogP contribution >= 0.6 is 0 Å². The van der Waals surface area contributed by atoms with Gasteiger partial charge in [-0.2, -0.15) is 9.61 Å². The highest BCUT2D eigenvalue weighted by atomic mass is 16.5. The van der Waals surface area contributed by atoms with Crippen LogP contribution in [-0.2, 0) is 0 Å². The maximum absolute atomic E-state index is 5.54. The molecular weight excluding hydrogens is 300 g/mol. The SMILES string of the molecule is CCC(C)Nc1cc(C)nc2c(-c3ccccc3OC)c(C)nn12. The number of fused-ring (bicyclic) bond motifs is 1. The first-order valence-electron chi connectivity index (χ1n) is 8.32. The molecule has 1 N–H and O–H groups in total. The summed E-state index contributed by atoms with van der Waals surface area (Å²) in [7, 11) is 1.69. The van der Waals surface area contributed by atoms with Crippen molar-refractivity contribution in [1.82, 2.24) is 14.6 Å². The molecule has 0 aliphatic rings. The number of para-hydroxylation sites is 1. The van der Waals surface area contributed by atoms with Gasteiger partial charge in [0.15, 0.2) is 5.65 Å². The number of aryl methyl sites for hydroxylation is 2. The predicted molar refractivity (Wildman–Crippen MR) is 97.8 cm³/mol. The van der Waals surface area contributed by atoms with Gasteiger partial charge in [-0.15, -0.1) is 0 Å². The molecule has 0 amide bonds. The van der Waals surface area contributed by atoms with Crippen molar-refractivity contribution in [2.75, 3.05) is 12.4 Å². The highest BCUT2D eigenvalue weighted by Gasteiger charge is 2.19. The number of benzene rings is 1. The molecule has 3 aromatic rings. The van der Waals surface area contributed by atoms with Crippen molar-refractivity contribution in [3.8, 4) is 16.9 Å². The van der Waals surface area contributed by atoms with E-state index in [4.69, 9.17) is 14.8 Å². The third kappa shape index (κ3) is 2.82. The van der Waals surface area contributed by atoms with Crippen LogP contribution < -0.4 is 10.1 Å². The minimum atomic E-state index is 0.370. The molecule has 0 spiro atoms. The molecule has 24 heavy (non-hydrogen) atoms. The van der Waals surface area contributed by atoms with Gasteiger partial charge in [0, 0.05) is 23.4 Å². The van der Waals surface area contributed by atoms with Crippen molar-refractivity contribution in [1.29, 1.82) is 0 Å². The van der Waals surface area contributed by atoms with Crippen molar-refractivity contribution in [2.24, 2.45) is 0 Å². The summed E-state index contributed by atoms with van der Waals surface area (Å²) in [6.45, 7) is 8.35. The second-order valence-corrected chi connectivity index (χ2v) is 6.13. The Morgan fingerprint density at radius 3 is 2.71 bits per heavy atom. The fourth-order valence-electron chi connectivity index (χ4n) is 2.87. The first-order valence-corrected chi connectivity index (χ1v) is 8.32. The average Bonchev–Trinajstić information content (AvgIpc) is 2.90. The van der Waals surface area contributed by atoms with Gasteiger partial charge in [0.2, 0.25) is 0 Å². The lowest BCUT2D eigenvalue weighted by Crippen LogP contribution is -2.16. The predicted octanol–water partition coefficient (Wildman–Crippen LogP) is 4.23. The molecule has 2 aromatic heterocycles. The molecule has 1 atom stereocenters. The van der Waals surface area contributed by atoms with E-state index in [0.717, 1.165) is 46.2 Å². The minimum absolute atomic E-state index is 0.370. The molecule has 126 valence electrons. The molecule has 5 nitrogen and oxygen atoms in total. The van der Waals surface area contributed by atoms with Crippen molar-refractivity contribution >= 4 is 11.5 Å². The topological polar surface area (TPSA) is 51.5 Å². The van der Waals surface area contributed by atoms with Crippen molar-refractivity contribution < 1.29 is 4.74 Å². The summed E-state index contributed by atoms with van der Waals surface area (Å²) in [4.78, 5) is 4.75. The Hall–Kier alpha value is -2.56. The monoisotopic (exact) mass is 324 g/mol. The van der Waals surface area contributed by atoms with Gasteiger partial charge in [0.25, 0.3) is 0 Å². The number of methoxy groups -OCH3 is 1. The summed E-state index contributed by atoms with van der Waals surface area (Å²) in [5.41, 5.74) is 4.78.